The van der Waals surface area contributed by atoms with Crippen LogP contribution in [0.2, 0.25) is 0 Å². The fourth-order valence-electron chi connectivity index (χ4n) is 1.56. The zero-order chi connectivity index (χ0) is 20.7. The van der Waals surface area contributed by atoms with Crippen LogP contribution in [0.4, 0.5) is 0 Å². The van der Waals surface area contributed by atoms with Gasteiger partial charge in [0, 0.05) is 0 Å². The number of rotatable bonds is 2. The lowest BCUT2D eigenvalue weighted by Gasteiger charge is -2.25. The largest absolute Gasteiger partial charge is 0.100 e. The highest BCUT2D eigenvalue weighted by molar-refractivity contribution is 5.00. The highest BCUT2D eigenvalue weighted by Crippen LogP contribution is 2.30. The van der Waals surface area contributed by atoms with E-state index in [9.17, 15) is 0 Å². The third-order valence-corrected chi connectivity index (χ3v) is 1.56. The van der Waals surface area contributed by atoms with Gasteiger partial charge in [0.2, 0.25) is 0 Å². The molecule has 0 amide bonds. The zero-order valence-electron chi connectivity index (χ0n) is 19.2. The minimum Gasteiger partial charge on any atom is -0.100 e. The van der Waals surface area contributed by atoms with Gasteiger partial charge in [0.25, 0.3) is 0 Å². The second kappa shape index (κ2) is 15.5. The molecular weight excluding hydrogens is 288 g/mol. The maximum absolute atomic E-state index is 4.13. The van der Waals surface area contributed by atoms with Crippen molar-refractivity contribution in [3.8, 4) is 0 Å². The van der Waals surface area contributed by atoms with Gasteiger partial charge in [0.05, 0.1) is 0 Å². The zero-order valence-corrected chi connectivity index (χ0v) is 19.2. The molecule has 0 aromatic heterocycles. The van der Waals surface area contributed by atoms with Gasteiger partial charge >= 0.3 is 0 Å². The third kappa shape index (κ3) is 104. The first-order valence-corrected chi connectivity index (χ1v) is 8.83. The molecule has 0 bridgehead atoms. The molecule has 0 aliphatic heterocycles. The van der Waals surface area contributed by atoms with Gasteiger partial charge in [-0.2, -0.15) is 0 Å². The van der Waals surface area contributed by atoms with E-state index in [1.807, 2.05) is 41.5 Å². The van der Waals surface area contributed by atoms with E-state index in [1.54, 1.807) is 0 Å². The Morgan fingerprint density at radius 2 is 0.625 bits per heavy atom. The van der Waals surface area contributed by atoms with Gasteiger partial charge in [-0.15, -0.1) is 19.7 Å². The summed E-state index contributed by atoms with van der Waals surface area (Å²) in [5.74, 6) is 0. The molecule has 0 aromatic rings. The van der Waals surface area contributed by atoms with Crippen molar-refractivity contribution in [2.75, 3.05) is 0 Å². The average molecular weight is 337 g/mol. The van der Waals surface area contributed by atoms with Gasteiger partial charge in [0.1, 0.15) is 0 Å². The molecule has 0 heterocycles. The Balaban J connectivity index is -0.000000137. The van der Waals surface area contributed by atoms with Crippen LogP contribution in [-0.4, -0.2) is 0 Å². The van der Waals surface area contributed by atoms with Crippen molar-refractivity contribution in [2.45, 2.75) is 95.9 Å². The Bertz CT molecular complexity index is 305. The predicted molar refractivity (Wildman–Crippen MR) is 119 cm³/mol. The quantitative estimate of drug-likeness (QED) is 0.441. The summed E-state index contributed by atoms with van der Waals surface area (Å²) in [7, 11) is 0. The van der Waals surface area contributed by atoms with E-state index < -0.39 is 0 Å². The topological polar surface area (TPSA) is 0 Å². The van der Waals surface area contributed by atoms with Gasteiger partial charge in [-0.3, -0.25) is 0 Å². The second-order valence-corrected chi connectivity index (χ2v) is 9.85. The first-order chi connectivity index (χ1) is 10.3. The highest BCUT2D eigenvalue weighted by Gasteiger charge is 2.17. The lowest BCUT2D eigenvalue weighted by Crippen LogP contribution is -2.11. The monoisotopic (exact) mass is 336 g/mol. The maximum atomic E-state index is 4.13. The molecule has 0 heteroatoms. The summed E-state index contributed by atoms with van der Waals surface area (Å²) in [6, 6.07) is 0. The molecule has 0 radical (unpaired) electrons. The van der Waals surface area contributed by atoms with Crippen LogP contribution in [0.25, 0.3) is 0 Å². The van der Waals surface area contributed by atoms with Crippen molar-refractivity contribution in [3.05, 3.63) is 48.6 Å². The molecule has 0 fully saturated rings. The Hall–Kier alpha value is -1.04. The van der Waals surface area contributed by atoms with Crippen LogP contribution in [0.3, 0.4) is 0 Å². The van der Waals surface area contributed by atoms with Crippen molar-refractivity contribution in [1.82, 2.24) is 0 Å². The minimum atomic E-state index is 0.391. The van der Waals surface area contributed by atoms with Crippen LogP contribution in [-0.2, 0) is 0 Å². The highest BCUT2D eigenvalue weighted by atomic mass is 14.2. The molecule has 0 spiro atoms. The molecule has 0 rings (SSSR count). The van der Waals surface area contributed by atoms with E-state index in [2.05, 4.69) is 67.9 Å². The van der Waals surface area contributed by atoms with Gasteiger partial charge in [-0.05, 0) is 65.2 Å². The van der Waals surface area contributed by atoms with Crippen molar-refractivity contribution in [1.29, 1.82) is 0 Å². The van der Waals surface area contributed by atoms with E-state index in [1.165, 1.54) is 22.3 Å². The minimum absolute atomic E-state index is 0.391. The number of hydrogen-bond donors (Lipinski definition) is 0. The average Bonchev–Trinajstić information content (AvgIpc) is 2.05. The molecule has 0 nitrogen and oxygen atoms in total. The summed E-state index contributed by atoms with van der Waals surface area (Å²) in [6.45, 7) is 40.2. The molecule has 0 unspecified atom stereocenters. The van der Waals surface area contributed by atoms with Crippen LogP contribution in [0.5, 0.6) is 0 Å². The summed E-state index contributed by atoms with van der Waals surface area (Å²) in [5, 5.41) is 0. The van der Waals surface area contributed by atoms with E-state index >= 15 is 0 Å². The number of allylic oxidation sites excluding steroid dienone is 4. The molecule has 0 N–H and O–H groups in total. The lowest BCUT2D eigenvalue weighted by molar-refractivity contribution is 0.360. The summed E-state index contributed by atoms with van der Waals surface area (Å²) >= 11 is 0. The molecule has 0 saturated carbocycles. The Morgan fingerprint density at radius 1 is 0.500 bits per heavy atom. The molecule has 24 heavy (non-hydrogen) atoms. The Morgan fingerprint density at radius 3 is 0.708 bits per heavy atom. The molecule has 0 saturated heterocycles. The molecule has 0 aliphatic carbocycles. The van der Waals surface area contributed by atoms with E-state index in [0.717, 1.165) is 12.8 Å². The first kappa shape index (κ1) is 30.8. The van der Waals surface area contributed by atoms with E-state index in [0.29, 0.717) is 10.8 Å². The van der Waals surface area contributed by atoms with Gasteiger partial charge in [0.15, 0.2) is 0 Å². The Kier molecular flexibility index (Phi) is 19.9. The van der Waals surface area contributed by atoms with Crippen LogP contribution >= 0.6 is 0 Å². The second-order valence-electron chi connectivity index (χ2n) is 9.85. The smallest absolute Gasteiger partial charge is 0.0274 e. The molecular formula is C24H48. The van der Waals surface area contributed by atoms with Crippen LogP contribution in [0, 0.1) is 10.8 Å². The van der Waals surface area contributed by atoms with E-state index in [-0.39, 0.29) is 0 Å². The summed E-state index contributed by atoms with van der Waals surface area (Å²) in [4.78, 5) is 0. The van der Waals surface area contributed by atoms with Crippen molar-refractivity contribution in [3.63, 3.8) is 0 Å². The normalized spacial score (nSPS) is 9.83. The summed E-state index contributed by atoms with van der Waals surface area (Å²) in [5.41, 5.74) is 5.67. The fraction of sp³-hybridized carbons (Fsp3) is 0.667. The van der Waals surface area contributed by atoms with Gasteiger partial charge in [-0.1, -0.05) is 70.4 Å². The van der Waals surface area contributed by atoms with Crippen molar-refractivity contribution < 1.29 is 0 Å². The van der Waals surface area contributed by atoms with Gasteiger partial charge < -0.3 is 0 Å². The van der Waals surface area contributed by atoms with Gasteiger partial charge in [-0.25, -0.2) is 0 Å². The first-order valence-electron chi connectivity index (χ1n) is 8.83. The standard InChI is InChI=1S/C12H24.3C4H8/c1-10(8-11(2,3)4)9-12(5,6)7;3*1-4(2)3/h1,8-9H2,2-7H3;3*1H2,2-3H3. The fourth-order valence-corrected chi connectivity index (χ4v) is 1.56. The van der Waals surface area contributed by atoms with Crippen molar-refractivity contribution in [2.24, 2.45) is 10.8 Å². The predicted octanol–water partition coefficient (Wildman–Crippen LogP) is 9.16. The molecule has 0 aromatic carbocycles. The molecule has 0 atom stereocenters. The third-order valence-electron chi connectivity index (χ3n) is 1.56. The SMILES string of the molecule is C=C(C)C.C=C(C)C.C=C(C)C.C=C(CC(C)(C)C)CC(C)(C)C. The van der Waals surface area contributed by atoms with Crippen molar-refractivity contribution >= 4 is 0 Å². The maximum Gasteiger partial charge on any atom is -0.0274 e. The van der Waals surface area contributed by atoms with E-state index in [4.69, 9.17) is 0 Å². The van der Waals surface area contributed by atoms with Crippen LogP contribution in [0.1, 0.15) is 95.9 Å². The summed E-state index contributed by atoms with van der Waals surface area (Å²) < 4.78 is 0. The van der Waals surface area contributed by atoms with Crippen LogP contribution in [0.15, 0.2) is 48.6 Å². The Labute approximate surface area is 155 Å². The lowest BCUT2D eigenvalue weighted by atomic mass is 9.81. The number of hydrogen-bond acceptors (Lipinski definition) is 0. The molecule has 144 valence electrons. The van der Waals surface area contributed by atoms with Crippen LogP contribution < -0.4 is 0 Å². The molecule has 0 aliphatic rings. The summed E-state index contributed by atoms with van der Waals surface area (Å²) in [6.07, 6.45) is 2.29.